The quantitative estimate of drug-likeness (QED) is 0.200. The van der Waals surface area contributed by atoms with E-state index in [1.54, 1.807) is 13.0 Å². The monoisotopic (exact) mass is 602 g/mol. The minimum absolute atomic E-state index is 0.0430. The van der Waals surface area contributed by atoms with Crippen molar-refractivity contribution in [3.63, 3.8) is 0 Å². The van der Waals surface area contributed by atoms with Crippen molar-refractivity contribution in [2.24, 2.45) is 5.73 Å². The minimum Gasteiger partial charge on any atom is -0.499 e. The second kappa shape index (κ2) is 11.3. The molecule has 0 amide bonds. The van der Waals surface area contributed by atoms with Gasteiger partial charge in [-0.2, -0.15) is 5.26 Å². The van der Waals surface area contributed by atoms with E-state index >= 15 is 8.78 Å². The highest BCUT2D eigenvalue weighted by Gasteiger charge is 2.42. The van der Waals surface area contributed by atoms with E-state index in [2.05, 4.69) is 14.9 Å². The highest BCUT2D eigenvalue weighted by Crippen LogP contribution is 2.52. The number of nitrogens with zero attached hydrogens (tertiary/aromatic N) is 5. The van der Waals surface area contributed by atoms with Crippen LogP contribution in [0.1, 0.15) is 42.5 Å². The van der Waals surface area contributed by atoms with Crippen LogP contribution in [0.25, 0.3) is 38.2 Å². The molecule has 8 nitrogen and oxygen atoms in total. The molecular weight excluding hydrogens is 574 g/mol. The molecule has 2 bridgehead atoms. The standard InChI is InChI=1S/C35H28F2N6O2/c1-19-26-15-29(37)27(16-30(26)45-42-19)31-32(21-8-9-22(17-38)28(36)12-21)41-35(43-24-10-11-25(43)14-23(39)13-24)33(40-2)34(31)44-18-20-6-4-3-5-7-20/h3-9,12,15-16,23-25H,10-11,13-14,18,39H2,1H3. The SMILES string of the molecule is [C-]#[N+]c1c(N2C3CCC2CC(N)C3)nc(-c2ccc(C#N)c(F)c2)c(-c2cc3onc(C)c3cc2F)c1OCc1ccccc1. The fraction of sp³-hybridized carbons (Fsp3) is 0.257. The van der Waals surface area contributed by atoms with Crippen molar-refractivity contribution in [1.82, 2.24) is 10.1 Å². The second-order valence-corrected chi connectivity index (χ2v) is 11.6. The Morgan fingerprint density at radius 2 is 1.84 bits per heavy atom. The number of nitriles is 1. The first-order chi connectivity index (χ1) is 21.9. The molecular formula is C35H28F2N6O2. The fourth-order valence-corrected chi connectivity index (χ4v) is 6.74. The summed E-state index contributed by atoms with van der Waals surface area (Å²) in [5.74, 6) is -0.824. The van der Waals surface area contributed by atoms with Gasteiger partial charge in [0.15, 0.2) is 5.58 Å². The van der Waals surface area contributed by atoms with Crippen molar-refractivity contribution in [2.75, 3.05) is 4.90 Å². The first kappa shape index (κ1) is 28.5. The van der Waals surface area contributed by atoms with Crippen molar-refractivity contribution >= 4 is 22.5 Å². The predicted octanol–water partition coefficient (Wildman–Crippen LogP) is 7.60. The smallest absolute Gasteiger partial charge is 0.269 e. The number of hydrogen-bond donors (Lipinski definition) is 1. The molecule has 10 heteroatoms. The molecule has 0 saturated carbocycles. The normalized spacial score (nSPS) is 19.0. The number of halogens is 2. The number of aryl methyl sites for hydroxylation is 1. The summed E-state index contributed by atoms with van der Waals surface area (Å²) in [5.41, 5.74) is 8.86. The number of benzene rings is 3. The van der Waals surface area contributed by atoms with Gasteiger partial charge in [0.05, 0.1) is 23.5 Å². The maximum atomic E-state index is 16.2. The van der Waals surface area contributed by atoms with Gasteiger partial charge in [-0.15, -0.1) is 0 Å². The zero-order valence-electron chi connectivity index (χ0n) is 24.4. The highest BCUT2D eigenvalue weighted by atomic mass is 19.1. The van der Waals surface area contributed by atoms with Gasteiger partial charge in [-0.25, -0.2) is 18.6 Å². The molecule has 2 saturated heterocycles. The number of pyridine rings is 1. The summed E-state index contributed by atoms with van der Waals surface area (Å²) >= 11 is 0. The van der Waals surface area contributed by atoms with Crippen LogP contribution in [0.3, 0.4) is 0 Å². The van der Waals surface area contributed by atoms with Gasteiger partial charge in [0, 0.05) is 40.2 Å². The van der Waals surface area contributed by atoms with E-state index < -0.39 is 11.6 Å². The molecule has 3 aromatic carbocycles. The van der Waals surface area contributed by atoms with E-state index in [0.29, 0.717) is 28.0 Å². The number of piperidine rings is 1. The van der Waals surface area contributed by atoms with Gasteiger partial charge in [0.1, 0.15) is 35.9 Å². The van der Waals surface area contributed by atoms with E-state index in [4.69, 9.17) is 26.5 Å². The molecule has 0 radical (unpaired) electrons. The molecule has 2 N–H and O–H groups in total. The van der Waals surface area contributed by atoms with E-state index in [1.165, 1.54) is 24.3 Å². The van der Waals surface area contributed by atoms with Crippen LogP contribution in [-0.2, 0) is 6.61 Å². The zero-order chi connectivity index (χ0) is 31.2. The molecule has 2 aromatic heterocycles. The van der Waals surface area contributed by atoms with Gasteiger partial charge in [-0.3, -0.25) is 0 Å². The number of fused-ring (bicyclic) bond motifs is 3. The average Bonchev–Trinajstić information content (AvgIpc) is 3.54. The van der Waals surface area contributed by atoms with Crippen LogP contribution in [0.4, 0.5) is 20.3 Å². The first-order valence-electron chi connectivity index (χ1n) is 14.8. The third kappa shape index (κ3) is 4.94. The lowest BCUT2D eigenvalue weighted by Crippen LogP contribution is -2.48. The van der Waals surface area contributed by atoms with Crippen molar-refractivity contribution in [3.05, 3.63) is 101 Å². The number of hydrogen-bond acceptors (Lipinski definition) is 7. The number of aromatic nitrogens is 2. The van der Waals surface area contributed by atoms with Crippen LogP contribution in [-0.4, -0.2) is 28.3 Å². The van der Waals surface area contributed by atoms with E-state index in [-0.39, 0.29) is 58.6 Å². The van der Waals surface area contributed by atoms with Gasteiger partial charge in [0.2, 0.25) is 0 Å². The molecule has 2 unspecified atom stereocenters. The summed E-state index contributed by atoms with van der Waals surface area (Å²) in [6, 6.07) is 18.5. The van der Waals surface area contributed by atoms with Crippen LogP contribution < -0.4 is 15.4 Å². The van der Waals surface area contributed by atoms with E-state index in [1.807, 2.05) is 36.4 Å². The minimum atomic E-state index is -0.740. The van der Waals surface area contributed by atoms with Gasteiger partial charge in [0.25, 0.3) is 5.69 Å². The summed E-state index contributed by atoms with van der Waals surface area (Å²) in [5, 5.41) is 13.9. The Morgan fingerprint density at radius 3 is 2.53 bits per heavy atom. The van der Waals surface area contributed by atoms with Gasteiger partial charge in [-0.05, 0) is 62.4 Å². The predicted molar refractivity (Wildman–Crippen MR) is 166 cm³/mol. The molecule has 5 aromatic rings. The lowest BCUT2D eigenvalue weighted by Gasteiger charge is -2.40. The lowest BCUT2D eigenvalue weighted by molar-refractivity contribution is 0.309. The fourth-order valence-electron chi connectivity index (χ4n) is 6.74. The third-order valence-corrected chi connectivity index (χ3v) is 8.83. The Balaban J connectivity index is 1.54. The van der Waals surface area contributed by atoms with Gasteiger partial charge in [-0.1, -0.05) is 41.6 Å². The summed E-state index contributed by atoms with van der Waals surface area (Å²) in [4.78, 5) is 11.1. The summed E-state index contributed by atoms with van der Waals surface area (Å²) < 4.78 is 43.3. The number of anilines is 1. The molecule has 224 valence electrons. The maximum Gasteiger partial charge on any atom is 0.269 e. The van der Waals surface area contributed by atoms with Gasteiger partial charge >= 0.3 is 0 Å². The average molecular weight is 603 g/mol. The topological polar surface area (TPSA) is 106 Å². The van der Waals surface area contributed by atoms with Crippen molar-refractivity contribution in [3.8, 4) is 34.2 Å². The molecule has 2 fully saturated rings. The van der Waals surface area contributed by atoms with Crippen LogP contribution in [0.2, 0.25) is 0 Å². The Labute approximate surface area is 258 Å². The molecule has 2 aliphatic heterocycles. The second-order valence-electron chi connectivity index (χ2n) is 11.6. The Hall–Kier alpha value is -5.32. The zero-order valence-corrected chi connectivity index (χ0v) is 24.4. The van der Waals surface area contributed by atoms with Crippen molar-refractivity contribution < 1.29 is 18.0 Å². The maximum absolute atomic E-state index is 16.2. The first-order valence-corrected chi connectivity index (χ1v) is 14.8. The van der Waals surface area contributed by atoms with Crippen LogP contribution in [0.15, 0.2) is 65.2 Å². The highest BCUT2D eigenvalue weighted by molar-refractivity contribution is 5.97. The molecule has 2 atom stereocenters. The molecule has 45 heavy (non-hydrogen) atoms. The summed E-state index contributed by atoms with van der Waals surface area (Å²) in [6.45, 7) is 10.2. The van der Waals surface area contributed by atoms with Gasteiger partial charge < -0.3 is 19.9 Å². The molecule has 2 aliphatic rings. The number of rotatable bonds is 6. The molecule has 7 rings (SSSR count). The van der Waals surface area contributed by atoms with Crippen molar-refractivity contribution in [2.45, 2.75) is 57.3 Å². The van der Waals surface area contributed by atoms with Crippen molar-refractivity contribution in [1.29, 1.82) is 5.26 Å². The Kier molecular flexibility index (Phi) is 7.15. The molecule has 0 aliphatic carbocycles. The Bertz CT molecular complexity index is 2020. The van der Waals surface area contributed by atoms with E-state index in [0.717, 1.165) is 31.2 Å². The Morgan fingerprint density at radius 1 is 1.09 bits per heavy atom. The molecule has 4 heterocycles. The van der Waals surface area contributed by atoms with Crippen LogP contribution in [0, 0.1) is 36.5 Å². The largest absolute Gasteiger partial charge is 0.499 e. The van der Waals surface area contributed by atoms with Crippen LogP contribution in [0.5, 0.6) is 5.75 Å². The lowest BCUT2D eigenvalue weighted by atomic mass is 9.94. The van der Waals surface area contributed by atoms with E-state index in [9.17, 15) is 5.26 Å². The summed E-state index contributed by atoms with van der Waals surface area (Å²) in [7, 11) is 0. The number of nitrogens with two attached hydrogens (primary N) is 1. The summed E-state index contributed by atoms with van der Waals surface area (Å²) in [6.07, 6.45) is 3.29. The molecule has 0 spiro atoms. The number of ether oxygens (including phenoxy) is 1. The third-order valence-electron chi connectivity index (χ3n) is 8.83. The van der Waals surface area contributed by atoms with Crippen LogP contribution >= 0.6 is 0 Å².